The second kappa shape index (κ2) is 7.07. The average molecular weight is 249 g/mol. The number of hydrogen-bond acceptors (Lipinski definition) is 2. The first-order valence-electron chi connectivity index (χ1n) is 6.72. The molecule has 1 saturated heterocycles. The van der Waals surface area contributed by atoms with E-state index in [-0.39, 0.29) is 0 Å². The lowest BCUT2D eigenvalue weighted by molar-refractivity contribution is 0.703. The van der Waals surface area contributed by atoms with Crippen LogP contribution in [0.2, 0.25) is 0 Å². The first kappa shape index (κ1) is 13.0. The number of hydrogen-bond donors (Lipinski definition) is 1. The molecule has 1 atom stereocenters. The zero-order chi connectivity index (χ0) is 11.9. The van der Waals surface area contributed by atoms with E-state index in [0.717, 1.165) is 5.25 Å². The molecule has 0 radical (unpaired) electrons. The SMILES string of the molecule is Cc1ccc(CCSC2CCCNCC2)cc1. The molecular weight excluding hydrogens is 226 g/mol. The molecular formula is C15H23NS. The molecule has 1 aliphatic heterocycles. The van der Waals surface area contributed by atoms with Gasteiger partial charge >= 0.3 is 0 Å². The van der Waals surface area contributed by atoms with Gasteiger partial charge in [-0.15, -0.1) is 0 Å². The van der Waals surface area contributed by atoms with Crippen molar-refractivity contribution in [3.05, 3.63) is 35.4 Å². The van der Waals surface area contributed by atoms with Gasteiger partial charge in [0.15, 0.2) is 0 Å². The lowest BCUT2D eigenvalue weighted by atomic mass is 10.1. The smallest absolute Gasteiger partial charge is 0.00597 e. The predicted octanol–water partition coefficient (Wildman–Crippen LogP) is 3.41. The maximum Gasteiger partial charge on any atom is 0.00597 e. The van der Waals surface area contributed by atoms with E-state index in [4.69, 9.17) is 0 Å². The Morgan fingerprint density at radius 1 is 1.18 bits per heavy atom. The molecule has 2 rings (SSSR count). The summed E-state index contributed by atoms with van der Waals surface area (Å²) in [5.74, 6) is 1.27. The van der Waals surface area contributed by atoms with Crippen molar-refractivity contribution in [2.24, 2.45) is 0 Å². The molecule has 0 amide bonds. The van der Waals surface area contributed by atoms with Crippen LogP contribution in [0.25, 0.3) is 0 Å². The highest BCUT2D eigenvalue weighted by Crippen LogP contribution is 2.22. The molecule has 0 bridgehead atoms. The summed E-state index contributed by atoms with van der Waals surface area (Å²) in [7, 11) is 0. The number of rotatable bonds is 4. The number of nitrogens with one attached hydrogen (secondary N) is 1. The Kier molecular flexibility index (Phi) is 5.40. The fourth-order valence-electron chi connectivity index (χ4n) is 2.25. The van der Waals surface area contributed by atoms with Gasteiger partial charge in [-0.1, -0.05) is 29.8 Å². The molecule has 17 heavy (non-hydrogen) atoms. The minimum atomic E-state index is 0.885. The van der Waals surface area contributed by atoms with Gasteiger partial charge in [0.25, 0.3) is 0 Å². The van der Waals surface area contributed by atoms with Gasteiger partial charge in [-0.3, -0.25) is 0 Å². The fraction of sp³-hybridized carbons (Fsp3) is 0.600. The summed E-state index contributed by atoms with van der Waals surface area (Å²) in [6.07, 6.45) is 5.31. The first-order valence-corrected chi connectivity index (χ1v) is 7.77. The van der Waals surface area contributed by atoms with Crippen molar-refractivity contribution >= 4 is 11.8 Å². The van der Waals surface area contributed by atoms with Crippen LogP contribution >= 0.6 is 11.8 Å². The number of benzene rings is 1. The van der Waals surface area contributed by atoms with Crippen molar-refractivity contribution in [1.29, 1.82) is 0 Å². The third-order valence-corrected chi connectivity index (χ3v) is 4.77. The van der Waals surface area contributed by atoms with Gasteiger partial charge in [0.05, 0.1) is 0 Å². The van der Waals surface area contributed by atoms with E-state index in [0.29, 0.717) is 0 Å². The Morgan fingerprint density at radius 3 is 2.82 bits per heavy atom. The molecule has 1 aromatic rings. The molecule has 1 fully saturated rings. The highest BCUT2D eigenvalue weighted by atomic mass is 32.2. The summed E-state index contributed by atoms with van der Waals surface area (Å²) < 4.78 is 0. The van der Waals surface area contributed by atoms with Crippen LogP contribution in [0.15, 0.2) is 24.3 Å². The van der Waals surface area contributed by atoms with Crippen molar-refractivity contribution < 1.29 is 0 Å². The van der Waals surface area contributed by atoms with Crippen molar-refractivity contribution in [3.8, 4) is 0 Å². The summed E-state index contributed by atoms with van der Waals surface area (Å²) in [5.41, 5.74) is 2.84. The lowest BCUT2D eigenvalue weighted by Crippen LogP contribution is -2.14. The predicted molar refractivity (Wildman–Crippen MR) is 77.8 cm³/mol. The highest BCUT2D eigenvalue weighted by molar-refractivity contribution is 7.99. The van der Waals surface area contributed by atoms with Gasteiger partial charge in [-0.05, 0) is 57.0 Å². The van der Waals surface area contributed by atoms with Crippen LogP contribution < -0.4 is 5.32 Å². The van der Waals surface area contributed by atoms with Crippen LogP contribution in [-0.4, -0.2) is 24.1 Å². The van der Waals surface area contributed by atoms with Crippen molar-refractivity contribution in [1.82, 2.24) is 5.32 Å². The number of thioether (sulfide) groups is 1. The summed E-state index contributed by atoms with van der Waals surface area (Å²) in [6, 6.07) is 8.97. The zero-order valence-corrected chi connectivity index (χ0v) is 11.6. The summed E-state index contributed by atoms with van der Waals surface area (Å²) in [6.45, 7) is 4.58. The standard InChI is InChI=1S/C15H23NS/c1-13-4-6-14(7-5-13)9-12-17-15-3-2-10-16-11-8-15/h4-7,15-16H,2-3,8-12H2,1H3. The molecule has 0 saturated carbocycles. The molecule has 2 heteroatoms. The van der Waals surface area contributed by atoms with E-state index in [1.807, 2.05) is 0 Å². The molecule has 1 aromatic carbocycles. The Balaban J connectivity index is 1.69. The van der Waals surface area contributed by atoms with Gasteiger partial charge in [-0.2, -0.15) is 11.8 Å². The van der Waals surface area contributed by atoms with Gasteiger partial charge < -0.3 is 5.32 Å². The molecule has 0 spiro atoms. The largest absolute Gasteiger partial charge is 0.317 e. The van der Waals surface area contributed by atoms with E-state index in [1.165, 1.54) is 55.7 Å². The molecule has 1 unspecified atom stereocenters. The maximum atomic E-state index is 3.48. The van der Waals surface area contributed by atoms with Gasteiger partial charge in [0.2, 0.25) is 0 Å². The van der Waals surface area contributed by atoms with Crippen molar-refractivity contribution in [2.45, 2.75) is 37.9 Å². The molecule has 94 valence electrons. The molecule has 0 aliphatic carbocycles. The van der Waals surface area contributed by atoms with Crippen LogP contribution in [0, 0.1) is 6.92 Å². The van der Waals surface area contributed by atoms with Crippen molar-refractivity contribution in [3.63, 3.8) is 0 Å². The van der Waals surface area contributed by atoms with E-state index in [2.05, 4.69) is 48.3 Å². The summed E-state index contributed by atoms with van der Waals surface area (Å²) in [4.78, 5) is 0. The van der Waals surface area contributed by atoms with Crippen molar-refractivity contribution in [2.75, 3.05) is 18.8 Å². The van der Waals surface area contributed by atoms with Gasteiger partial charge in [0, 0.05) is 5.25 Å². The van der Waals surface area contributed by atoms with Crippen LogP contribution in [0.1, 0.15) is 30.4 Å². The van der Waals surface area contributed by atoms with E-state index >= 15 is 0 Å². The molecule has 1 heterocycles. The minimum absolute atomic E-state index is 0.885. The second-order valence-corrected chi connectivity index (χ2v) is 6.32. The van der Waals surface area contributed by atoms with Crippen LogP contribution in [0.3, 0.4) is 0 Å². The van der Waals surface area contributed by atoms with Gasteiger partial charge in [0.1, 0.15) is 0 Å². The van der Waals surface area contributed by atoms with Crippen LogP contribution in [0.5, 0.6) is 0 Å². The van der Waals surface area contributed by atoms with Crippen LogP contribution in [-0.2, 0) is 6.42 Å². The topological polar surface area (TPSA) is 12.0 Å². The third kappa shape index (κ3) is 4.72. The molecule has 1 N–H and O–H groups in total. The summed E-state index contributed by atoms with van der Waals surface area (Å²) >= 11 is 2.17. The molecule has 1 aliphatic rings. The van der Waals surface area contributed by atoms with Crippen LogP contribution in [0.4, 0.5) is 0 Å². The average Bonchev–Trinajstić information content (AvgIpc) is 2.60. The zero-order valence-electron chi connectivity index (χ0n) is 10.7. The van der Waals surface area contributed by atoms with Gasteiger partial charge in [-0.25, -0.2) is 0 Å². The monoisotopic (exact) mass is 249 g/mol. The Hall–Kier alpha value is -0.470. The summed E-state index contributed by atoms with van der Waals surface area (Å²) in [5, 5.41) is 4.36. The number of aryl methyl sites for hydroxylation is 2. The quantitative estimate of drug-likeness (QED) is 0.877. The minimum Gasteiger partial charge on any atom is -0.317 e. The first-order chi connectivity index (χ1) is 8.34. The van der Waals surface area contributed by atoms with E-state index < -0.39 is 0 Å². The highest BCUT2D eigenvalue weighted by Gasteiger charge is 2.11. The lowest BCUT2D eigenvalue weighted by Gasteiger charge is -2.12. The maximum absolute atomic E-state index is 3.48. The fourth-order valence-corrected chi connectivity index (χ4v) is 3.56. The van der Waals surface area contributed by atoms with E-state index in [1.54, 1.807) is 0 Å². The normalized spacial score (nSPS) is 21.1. The Bertz CT molecular complexity index is 312. The Labute approximate surface area is 109 Å². The molecule has 0 aromatic heterocycles. The molecule has 1 nitrogen and oxygen atoms in total. The third-order valence-electron chi connectivity index (χ3n) is 3.39. The second-order valence-electron chi connectivity index (χ2n) is 4.91. The van der Waals surface area contributed by atoms with E-state index in [9.17, 15) is 0 Å². The Morgan fingerprint density at radius 2 is 2.00 bits per heavy atom.